The zero-order valence-electron chi connectivity index (χ0n) is 14.8. The molecule has 1 aromatic carbocycles. The molecule has 2 fully saturated rings. The molecule has 11 heteroatoms. The summed E-state index contributed by atoms with van der Waals surface area (Å²) in [6.07, 6.45) is 5.12. The van der Waals surface area contributed by atoms with E-state index in [-0.39, 0.29) is 11.7 Å². The van der Waals surface area contributed by atoms with Crippen LogP contribution in [0.1, 0.15) is 18.4 Å². The molecule has 2 aliphatic rings. The second-order valence-electron chi connectivity index (χ2n) is 6.61. The van der Waals surface area contributed by atoms with Crippen LogP contribution in [0.5, 0.6) is 11.8 Å². The first kappa shape index (κ1) is 17.4. The molecule has 10 nitrogen and oxygen atoms in total. The van der Waals surface area contributed by atoms with Crippen LogP contribution in [0, 0.1) is 0 Å². The fourth-order valence-corrected chi connectivity index (χ4v) is 2.98. The second-order valence-corrected chi connectivity index (χ2v) is 7.05. The van der Waals surface area contributed by atoms with E-state index in [0.29, 0.717) is 34.0 Å². The van der Waals surface area contributed by atoms with Crippen molar-refractivity contribution in [3.63, 3.8) is 0 Å². The highest BCUT2D eigenvalue weighted by atomic mass is 35.5. The first-order valence-electron chi connectivity index (χ1n) is 8.85. The Morgan fingerprint density at radius 3 is 2.83 bits per heavy atom. The summed E-state index contributed by atoms with van der Waals surface area (Å²) in [5, 5.41) is 12.7. The summed E-state index contributed by atoms with van der Waals surface area (Å²) in [6.45, 7) is 0. The van der Waals surface area contributed by atoms with E-state index in [0.717, 1.165) is 12.8 Å². The van der Waals surface area contributed by atoms with E-state index in [9.17, 15) is 9.59 Å². The maximum absolute atomic E-state index is 11.8. The van der Waals surface area contributed by atoms with Gasteiger partial charge in [0, 0.05) is 16.6 Å². The van der Waals surface area contributed by atoms with Gasteiger partial charge in [-0.2, -0.15) is 19.6 Å². The third-order valence-electron chi connectivity index (χ3n) is 4.31. The molecule has 29 heavy (non-hydrogen) atoms. The van der Waals surface area contributed by atoms with Crippen molar-refractivity contribution in [3.05, 3.63) is 46.7 Å². The molecule has 0 spiro atoms. The van der Waals surface area contributed by atoms with Crippen LogP contribution in [0.2, 0.25) is 5.02 Å². The first-order valence-corrected chi connectivity index (χ1v) is 9.23. The Hall–Kier alpha value is -3.66. The average molecular weight is 412 g/mol. The molecule has 0 atom stereocenters. The first-order chi connectivity index (χ1) is 14.0. The standard InChI is InChI=1S/C18H14ClN7O3/c19-10-2-1-3-12(7-10)29-18-23-14-9(6-13-15(27)24-17(28)22-13)8-20-26(14)16(25-18)21-11-4-5-11/h1-3,6-8,11H,4-5H2,(H,21,23,25)(H2,22,24,27,28). The van der Waals surface area contributed by atoms with Gasteiger partial charge < -0.3 is 15.4 Å². The van der Waals surface area contributed by atoms with E-state index in [2.05, 4.69) is 31.0 Å². The van der Waals surface area contributed by atoms with Crippen molar-refractivity contribution in [2.24, 2.45) is 0 Å². The van der Waals surface area contributed by atoms with E-state index >= 15 is 0 Å². The molecule has 1 aliphatic heterocycles. The average Bonchev–Trinajstić information content (AvgIpc) is 3.31. The van der Waals surface area contributed by atoms with Crippen LogP contribution in [0.3, 0.4) is 0 Å². The van der Waals surface area contributed by atoms with Gasteiger partial charge in [0.25, 0.3) is 5.91 Å². The smallest absolute Gasteiger partial charge is 0.327 e. The SMILES string of the molecule is O=C1NC(=O)C(=Cc2cnn3c(NC4CC4)nc(Oc4cccc(Cl)c4)nc23)N1. The molecule has 1 saturated carbocycles. The number of nitrogens with one attached hydrogen (secondary N) is 3. The summed E-state index contributed by atoms with van der Waals surface area (Å²) >= 11 is 6.02. The summed E-state index contributed by atoms with van der Waals surface area (Å²) in [7, 11) is 0. The Balaban J connectivity index is 1.57. The van der Waals surface area contributed by atoms with Crippen LogP contribution >= 0.6 is 11.6 Å². The van der Waals surface area contributed by atoms with Crippen molar-refractivity contribution >= 4 is 41.2 Å². The van der Waals surface area contributed by atoms with E-state index in [1.54, 1.807) is 24.3 Å². The van der Waals surface area contributed by atoms with Gasteiger partial charge in [-0.3, -0.25) is 10.1 Å². The van der Waals surface area contributed by atoms with Crippen molar-refractivity contribution in [2.75, 3.05) is 5.32 Å². The fourth-order valence-electron chi connectivity index (χ4n) is 2.80. The lowest BCUT2D eigenvalue weighted by molar-refractivity contribution is -0.115. The number of fused-ring (bicyclic) bond motifs is 1. The topological polar surface area (TPSA) is 123 Å². The number of anilines is 1. The molecule has 3 heterocycles. The normalized spacial score (nSPS) is 17.5. The maximum Gasteiger partial charge on any atom is 0.327 e. The van der Waals surface area contributed by atoms with E-state index in [1.165, 1.54) is 16.8 Å². The number of rotatable bonds is 5. The Morgan fingerprint density at radius 1 is 1.24 bits per heavy atom. The number of aromatic nitrogens is 4. The zero-order valence-corrected chi connectivity index (χ0v) is 15.6. The number of carbonyl (C=O) groups is 2. The van der Waals surface area contributed by atoms with Gasteiger partial charge in [0.05, 0.1) is 6.20 Å². The van der Waals surface area contributed by atoms with Crippen LogP contribution in [0.4, 0.5) is 10.7 Å². The van der Waals surface area contributed by atoms with Crippen LogP contribution in [0.15, 0.2) is 36.2 Å². The molecule has 5 rings (SSSR count). The van der Waals surface area contributed by atoms with Crippen molar-refractivity contribution in [2.45, 2.75) is 18.9 Å². The Kier molecular flexibility index (Phi) is 4.06. The highest BCUT2D eigenvalue weighted by Gasteiger charge is 2.26. The Morgan fingerprint density at radius 2 is 2.10 bits per heavy atom. The molecule has 0 radical (unpaired) electrons. The molecular weight excluding hydrogens is 398 g/mol. The van der Waals surface area contributed by atoms with Gasteiger partial charge in [-0.1, -0.05) is 17.7 Å². The van der Waals surface area contributed by atoms with Gasteiger partial charge in [0.1, 0.15) is 11.4 Å². The van der Waals surface area contributed by atoms with Gasteiger partial charge in [0.2, 0.25) is 5.95 Å². The molecule has 146 valence electrons. The van der Waals surface area contributed by atoms with E-state index in [1.807, 2.05) is 0 Å². The van der Waals surface area contributed by atoms with Crippen molar-refractivity contribution < 1.29 is 14.3 Å². The quantitative estimate of drug-likeness (QED) is 0.435. The van der Waals surface area contributed by atoms with Gasteiger partial charge in [-0.05, 0) is 37.1 Å². The highest BCUT2D eigenvalue weighted by Crippen LogP contribution is 2.28. The number of carbonyl (C=O) groups excluding carboxylic acids is 2. The lowest BCUT2D eigenvalue weighted by atomic mass is 10.2. The van der Waals surface area contributed by atoms with Crippen LogP contribution in [-0.4, -0.2) is 37.6 Å². The maximum atomic E-state index is 11.8. The van der Waals surface area contributed by atoms with Gasteiger partial charge >= 0.3 is 12.0 Å². The summed E-state index contributed by atoms with van der Waals surface area (Å²) < 4.78 is 7.32. The zero-order chi connectivity index (χ0) is 20.0. The molecule has 3 amide bonds. The monoisotopic (exact) mass is 411 g/mol. The molecule has 2 aromatic heterocycles. The van der Waals surface area contributed by atoms with Crippen LogP contribution < -0.4 is 20.7 Å². The molecule has 1 saturated heterocycles. The fraction of sp³-hybridized carbons (Fsp3) is 0.167. The second kappa shape index (κ2) is 6.74. The Labute approximate surface area is 168 Å². The molecular formula is C18H14ClN7O3. The summed E-state index contributed by atoms with van der Waals surface area (Å²) in [4.78, 5) is 32.0. The van der Waals surface area contributed by atoms with Crippen molar-refractivity contribution in [3.8, 4) is 11.8 Å². The number of benzene rings is 1. The third kappa shape index (κ3) is 3.57. The minimum Gasteiger partial charge on any atom is -0.424 e. The highest BCUT2D eigenvalue weighted by molar-refractivity contribution is 6.30. The molecule has 0 bridgehead atoms. The Bertz CT molecular complexity index is 1190. The number of halogens is 1. The molecule has 3 N–H and O–H groups in total. The van der Waals surface area contributed by atoms with E-state index in [4.69, 9.17) is 16.3 Å². The third-order valence-corrected chi connectivity index (χ3v) is 4.55. The minimum absolute atomic E-state index is 0.1000. The largest absolute Gasteiger partial charge is 0.424 e. The predicted molar refractivity (Wildman–Crippen MR) is 104 cm³/mol. The number of hydrogen-bond acceptors (Lipinski definition) is 7. The molecule has 0 unspecified atom stereocenters. The van der Waals surface area contributed by atoms with Gasteiger partial charge in [-0.25, -0.2) is 4.79 Å². The number of imide groups is 1. The van der Waals surface area contributed by atoms with Gasteiger partial charge in [-0.15, -0.1) is 0 Å². The van der Waals surface area contributed by atoms with Crippen LogP contribution in [0.25, 0.3) is 11.7 Å². The van der Waals surface area contributed by atoms with Crippen molar-refractivity contribution in [1.29, 1.82) is 0 Å². The van der Waals surface area contributed by atoms with Gasteiger partial charge in [0.15, 0.2) is 5.65 Å². The van der Waals surface area contributed by atoms with E-state index < -0.39 is 11.9 Å². The molecule has 3 aromatic rings. The summed E-state index contributed by atoms with van der Waals surface area (Å²) in [5.74, 6) is 0.440. The number of amides is 3. The van der Waals surface area contributed by atoms with Crippen LogP contribution in [-0.2, 0) is 4.79 Å². The number of ether oxygens (including phenoxy) is 1. The summed E-state index contributed by atoms with van der Waals surface area (Å²) in [6, 6.07) is 6.73. The lowest BCUT2D eigenvalue weighted by Gasteiger charge is -2.09. The van der Waals surface area contributed by atoms with Crippen molar-refractivity contribution in [1.82, 2.24) is 30.2 Å². The number of urea groups is 1. The predicted octanol–water partition coefficient (Wildman–Crippen LogP) is 2.32. The number of nitrogens with zero attached hydrogens (tertiary/aromatic N) is 4. The minimum atomic E-state index is -0.576. The lowest BCUT2D eigenvalue weighted by Crippen LogP contribution is -2.22. The summed E-state index contributed by atoms with van der Waals surface area (Å²) in [5.41, 5.74) is 1.05. The number of hydrogen-bond donors (Lipinski definition) is 3. The molecule has 1 aliphatic carbocycles.